The van der Waals surface area contributed by atoms with Crippen LogP contribution in [0, 0.1) is 0 Å². The van der Waals surface area contributed by atoms with Crippen molar-refractivity contribution in [2.75, 3.05) is 6.26 Å². The highest BCUT2D eigenvalue weighted by Gasteiger charge is 2.45. The summed E-state index contributed by atoms with van der Waals surface area (Å²) in [6.45, 7) is 0. The van der Waals surface area contributed by atoms with Crippen molar-refractivity contribution >= 4 is 10.0 Å². The molecular weight excluding hydrogens is 194 g/mol. The summed E-state index contributed by atoms with van der Waals surface area (Å²) < 4.78 is 22.7. The van der Waals surface area contributed by atoms with Gasteiger partial charge in [0.25, 0.3) is 10.0 Å². The van der Waals surface area contributed by atoms with E-state index in [1.165, 1.54) is 6.20 Å². The van der Waals surface area contributed by atoms with E-state index in [4.69, 9.17) is 0 Å². The zero-order valence-electron chi connectivity index (χ0n) is 7.01. The molecule has 0 atom stereocenters. The summed E-state index contributed by atoms with van der Waals surface area (Å²) in [5, 5.41) is 16.6. The van der Waals surface area contributed by atoms with Gasteiger partial charge in [0, 0.05) is 0 Å². The van der Waals surface area contributed by atoms with Gasteiger partial charge in [-0.25, -0.2) is 8.42 Å². The molecule has 0 amide bonds. The molecule has 1 saturated carbocycles. The van der Waals surface area contributed by atoms with Crippen molar-refractivity contribution < 1.29 is 13.5 Å². The van der Waals surface area contributed by atoms with Gasteiger partial charge in [0.15, 0.2) is 0 Å². The van der Waals surface area contributed by atoms with Crippen LogP contribution >= 0.6 is 0 Å². The third kappa shape index (κ3) is 1.44. The van der Waals surface area contributed by atoms with E-state index in [1.54, 1.807) is 0 Å². The van der Waals surface area contributed by atoms with Crippen LogP contribution in [0.4, 0.5) is 0 Å². The minimum absolute atomic E-state index is 0.331. The van der Waals surface area contributed by atoms with Gasteiger partial charge in [-0.2, -0.15) is 0 Å². The summed E-state index contributed by atoms with van der Waals surface area (Å²) in [4.78, 5) is 0. The molecule has 0 saturated heterocycles. The molecule has 2 rings (SSSR count). The number of hydrogen-bond donors (Lipinski definition) is 1. The molecule has 0 aliphatic heterocycles. The molecule has 1 N–H and O–H groups in total. The first-order valence-corrected chi connectivity index (χ1v) is 5.62. The number of aromatic nitrogens is 3. The fourth-order valence-electron chi connectivity index (χ4n) is 0.998. The molecular formula is C6H9N3O3S. The average molecular weight is 203 g/mol. The highest BCUT2D eigenvalue weighted by Crippen LogP contribution is 2.43. The lowest BCUT2D eigenvalue weighted by Gasteiger charge is -1.98. The molecule has 7 heteroatoms. The maximum atomic E-state index is 11.0. The van der Waals surface area contributed by atoms with Crippen LogP contribution in [0.5, 0.6) is 0 Å². The second kappa shape index (κ2) is 2.30. The Morgan fingerprint density at radius 2 is 2.23 bits per heavy atom. The molecule has 0 radical (unpaired) electrons. The van der Waals surface area contributed by atoms with Crippen molar-refractivity contribution in [1.29, 1.82) is 0 Å². The van der Waals surface area contributed by atoms with Crippen molar-refractivity contribution in [1.82, 2.24) is 14.4 Å². The number of aliphatic hydroxyl groups is 1. The molecule has 1 aromatic rings. The molecule has 13 heavy (non-hydrogen) atoms. The molecule has 1 aliphatic carbocycles. The van der Waals surface area contributed by atoms with E-state index in [-0.39, 0.29) is 0 Å². The first-order valence-electron chi connectivity index (χ1n) is 3.78. The van der Waals surface area contributed by atoms with E-state index in [2.05, 4.69) is 10.3 Å². The number of hydrogen-bond acceptors (Lipinski definition) is 5. The van der Waals surface area contributed by atoms with Gasteiger partial charge in [-0.1, -0.05) is 5.21 Å². The molecule has 6 nitrogen and oxygen atoms in total. The summed E-state index contributed by atoms with van der Waals surface area (Å²) in [5.41, 5.74) is -0.596. The highest BCUT2D eigenvalue weighted by atomic mass is 32.2. The maximum absolute atomic E-state index is 11.0. The van der Waals surface area contributed by atoms with Crippen LogP contribution in [-0.4, -0.2) is 34.2 Å². The van der Waals surface area contributed by atoms with Crippen LogP contribution in [0.1, 0.15) is 18.5 Å². The quantitative estimate of drug-likeness (QED) is 0.671. The molecule has 1 heterocycles. The van der Waals surface area contributed by atoms with E-state index in [9.17, 15) is 13.5 Å². The smallest absolute Gasteiger partial charge is 0.252 e. The van der Waals surface area contributed by atoms with E-state index in [0.29, 0.717) is 18.5 Å². The van der Waals surface area contributed by atoms with Crippen molar-refractivity contribution in [2.24, 2.45) is 0 Å². The SMILES string of the molecule is CS(=O)(=O)n1cc(C2(O)CC2)nn1. The molecule has 72 valence electrons. The summed E-state index contributed by atoms with van der Waals surface area (Å²) in [5.74, 6) is 0. The fraction of sp³-hybridized carbons (Fsp3) is 0.667. The Balaban J connectivity index is 2.39. The van der Waals surface area contributed by atoms with Crippen LogP contribution in [0.3, 0.4) is 0 Å². The van der Waals surface area contributed by atoms with Crippen LogP contribution < -0.4 is 0 Å². The van der Waals surface area contributed by atoms with Crippen molar-refractivity contribution in [3.8, 4) is 0 Å². The van der Waals surface area contributed by atoms with Crippen LogP contribution in [-0.2, 0) is 15.6 Å². The molecule has 1 aromatic heterocycles. The Labute approximate surface area is 75.2 Å². The third-order valence-electron chi connectivity index (χ3n) is 2.01. The summed E-state index contributed by atoms with van der Waals surface area (Å²) in [6.07, 6.45) is 3.52. The minimum Gasteiger partial charge on any atom is -0.383 e. The first kappa shape index (κ1) is 8.64. The second-order valence-corrected chi connectivity index (χ2v) is 5.11. The Kier molecular flexibility index (Phi) is 1.53. The summed E-state index contributed by atoms with van der Waals surface area (Å²) in [6, 6.07) is 0. The molecule has 0 unspecified atom stereocenters. The second-order valence-electron chi connectivity index (χ2n) is 3.27. The Morgan fingerprint density at radius 3 is 2.62 bits per heavy atom. The van der Waals surface area contributed by atoms with Crippen molar-refractivity contribution in [2.45, 2.75) is 18.4 Å². The Morgan fingerprint density at radius 1 is 1.62 bits per heavy atom. The van der Waals surface area contributed by atoms with Crippen LogP contribution in [0.15, 0.2) is 6.20 Å². The zero-order chi connectivity index (χ0) is 9.69. The van der Waals surface area contributed by atoms with Crippen molar-refractivity contribution in [3.05, 3.63) is 11.9 Å². The predicted octanol–water partition coefficient (Wildman–Crippen LogP) is -0.933. The molecule has 1 fully saturated rings. The van der Waals surface area contributed by atoms with Crippen LogP contribution in [0.25, 0.3) is 0 Å². The van der Waals surface area contributed by atoms with Gasteiger partial charge < -0.3 is 5.11 Å². The van der Waals surface area contributed by atoms with Gasteiger partial charge in [0.2, 0.25) is 0 Å². The largest absolute Gasteiger partial charge is 0.383 e. The van der Waals surface area contributed by atoms with Gasteiger partial charge in [-0.05, 0) is 12.8 Å². The van der Waals surface area contributed by atoms with Crippen molar-refractivity contribution in [3.63, 3.8) is 0 Å². The highest BCUT2D eigenvalue weighted by molar-refractivity contribution is 7.89. The van der Waals surface area contributed by atoms with Gasteiger partial charge in [-0.15, -0.1) is 9.19 Å². The maximum Gasteiger partial charge on any atom is 0.252 e. The summed E-state index contributed by atoms with van der Waals surface area (Å²) >= 11 is 0. The van der Waals surface area contributed by atoms with Gasteiger partial charge >= 0.3 is 0 Å². The monoisotopic (exact) mass is 203 g/mol. The van der Waals surface area contributed by atoms with Gasteiger partial charge in [-0.3, -0.25) is 0 Å². The lowest BCUT2D eigenvalue weighted by Crippen LogP contribution is -2.10. The lowest BCUT2D eigenvalue weighted by molar-refractivity contribution is 0.146. The standard InChI is InChI=1S/C6H9N3O3S/c1-13(11,12)9-4-5(7-8-9)6(10)2-3-6/h4,10H,2-3H2,1H3. The molecule has 0 bridgehead atoms. The normalized spacial score (nSPS) is 20.2. The van der Waals surface area contributed by atoms with E-state index >= 15 is 0 Å². The van der Waals surface area contributed by atoms with E-state index < -0.39 is 15.6 Å². The third-order valence-corrected chi connectivity index (χ3v) is 2.87. The van der Waals surface area contributed by atoms with E-state index in [0.717, 1.165) is 10.3 Å². The van der Waals surface area contributed by atoms with Gasteiger partial charge in [0.05, 0.1) is 12.5 Å². The number of rotatable bonds is 2. The van der Waals surface area contributed by atoms with E-state index in [1.807, 2.05) is 0 Å². The lowest BCUT2D eigenvalue weighted by atomic mass is 10.3. The Bertz CT molecular complexity index is 432. The Hall–Kier alpha value is -0.950. The molecule has 1 aliphatic rings. The first-order chi connectivity index (χ1) is 5.92. The average Bonchev–Trinajstić information content (AvgIpc) is 2.60. The zero-order valence-corrected chi connectivity index (χ0v) is 7.82. The molecule has 0 spiro atoms. The molecule has 0 aromatic carbocycles. The predicted molar refractivity (Wildman–Crippen MR) is 43.4 cm³/mol. The topological polar surface area (TPSA) is 85.1 Å². The van der Waals surface area contributed by atoms with Gasteiger partial charge in [0.1, 0.15) is 11.3 Å². The van der Waals surface area contributed by atoms with Crippen LogP contribution in [0.2, 0.25) is 0 Å². The summed E-state index contributed by atoms with van der Waals surface area (Å²) in [7, 11) is -3.38. The number of nitrogens with zero attached hydrogens (tertiary/aromatic N) is 3. The fourth-order valence-corrected chi connectivity index (χ4v) is 1.46. The minimum atomic E-state index is -3.38.